The van der Waals surface area contributed by atoms with Crippen LogP contribution in [-0.4, -0.2) is 39.5 Å². The highest BCUT2D eigenvalue weighted by Crippen LogP contribution is 2.37. The number of nitrogens with one attached hydrogen (secondary N) is 1. The van der Waals surface area contributed by atoms with Crippen LogP contribution >= 0.6 is 0 Å². The SMILES string of the molecule is CC1(C)COCCC1Nc1nnc(-c2ccc(C(F)F)cc2O)c2ccncc12. The fourth-order valence-electron chi connectivity index (χ4n) is 3.65. The lowest BCUT2D eigenvalue weighted by Gasteiger charge is -2.39. The van der Waals surface area contributed by atoms with Crippen LogP contribution in [0.5, 0.6) is 5.75 Å². The number of aromatic hydroxyl groups is 1. The van der Waals surface area contributed by atoms with E-state index in [0.717, 1.165) is 23.3 Å². The zero-order chi connectivity index (χ0) is 20.6. The molecule has 6 nitrogen and oxygen atoms in total. The Kier molecular flexibility index (Phi) is 5.04. The molecule has 1 unspecified atom stereocenters. The monoisotopic (exact) mass is 400 g/mol. The molecule has 2 N–H and O–H groups in total. The van der Waals surface area contributed by atoms with Gasteiger partial charge in [-0.1, -0.05) is 19.9 Å². The van der Waals surface area contributed by atoms with Crippen molar-refractivity contribution in [3.8, 4) is 17.0 Å². The number of aromatic nitrogens is 3. The summed E-state index contributed by atoms with van der Waals surface area (Å²) in [5, 5.41) is 23.9. The van der Waals surface area contributed by atoms with Gasteiger partial charge in [0.15, 0.2) is 5.82 Å². The van der Waals surface area contributed by atoms with Gasteiger partial charge >= 0.3 is 0 Å². The number of ether oxygens (including phenoxy) is 1. The molecule has 1 aliphatic rings. The standard InChI is InChI=1S/C21H22F2N4O2/c1-21(2)11-29-8-6-17(21)25-20-15-10-24-7-5-13(15)18(26-27-20)14-4-3-12(19(22)23)9-16(14)28/h3-5,7,9-10,17,19,28H,6,8,11H2,1-2H3,(H,25,27). The van der Waals surface area contributed by atoms with E-state index in [1.807, 2.05) is 0 Å². The summed E-state index contributed by atoms with van der Waals surface area (Å²) in [7, 11) is 0. The molecule has 3 aromatic rings. The fourth-order valence-corrected chi connectivity index (χ4v) is 3.65. The number of anilines is 1. The third-order valence-corrected chi connectivity index (χ3v) is 5.39. The lowest BCUT2D eigenvalue weighted by Crippen LogP contribution is -2.44. The number of nitrogens with zero attached hydrogens (tertiary/aromatic N) is 3. The highest BCUT2D eigenvalue weighted by molar-refractivity contribution is 6.00. The van der Waals surface area contributed by atoms with Crippen molar-refractivity contribution < 1.29 is 18.6 Å². The zero-order valence-corrected chi connectivity index (χ0v) is 16.2. The molecular weight excluding hydrogens is 378 g/mol. The molecule has 0 aliphatic carbocycles. The van der Waals surface area contributed by atoms with Gasteiger partial charge in [-0.2, -0.15) is 0 Å². The smallest absolute Gasteiger partial charge is 0.263 e. The van der Waals surface area contributed by atoms with Gasteiger partial charge in [0.25, 0.3) is 6.43 Å². The molecule has 1 saturated heterocycles. The van der Waals surface area contributed by atoms with Crippen LogP contribution in [0.25, 0.3) is 22.0 Å². The predicted molar refractivity (Wildman–Crippen MR) is 106 cm³/mol. The molecule has 8 heteroatoms. The first-order valence-corrected chi connectivity index (χ1v) is 9.43. The van der Waals surface area contributed by atoms with Gasteiger partial charge in [-0.25, -0.2) is 8.78 Å². The van der Waals surface area contributed by atoms with E-state index in [1.54, 1.807) is 18.5 Å². The van der Waals surface area contributed by atoms with Crippen molar-refractivity contribution >= 4 is 16.6 Å². The molecule has 1 aromatic carbocycles. The van der Waals surface area contributed by atoms with Crippen molar-refractivity contribution in [3.63, 3.8) is 0 Å². The Morgan fingerprint density at radius 1 is 1.21 bits per heavy atom. The topological polar surface area (TPSA) is 80.2 Å². The Morgan fingerprint density at radius 2 is 2.03 bits per heavy atom. The first kappa shape index (κ1) is 19.4. The van der Waals surface area contributed by atoms with Crippen LogP contribution in [0.3, 0.4) is 0 Å². The zero-order valence-electron chi connectivity index (χ0n) is 16.2. The summed E-state index contributed by atoms with van der Waals surface area (Å²) in [5.74, 6) is 0.335. The lowest BCUT2D eigenvalue weighted by atomic mass is 9.82. The van der Waals surface area contributed by atoms with E-state index < -0.39 is 6.43 Å². The Hall–Kier alpha value is -2.87. The Morgan fingerprint density at radius 3 is 2.76 bits per heavy atom. The van der Waals surface area contributed by atoms with Gasteiger partial charge in [-0.05, 0) is 24.6 Å². The number of rotatable bonds is 4. The lowest BCUT2D eigenvalue weighted by molar-refractivity contribution is 0.00340. The Balaban J connectivity index is 1.77. The van der Waals surface area contributed by atoms with Crippen molar-refractivity contribution in [1.82, 2.24) is 15.2 Å². The summed E-state index contributed by atoms with van der Waals surface area (Å²) in [6.07, 6.45) is 1.50. The van der Waals surface area contributed by atoms with E-state index in [4.69, 9.17) is 4.74 Å². The summed E-state index contributed by atoms with van der Waals surface area (Å²) in [6.45, 7) is 5.59. The van der Waals surface area contributed by atoms with Crippen LogP contribution in [0.2, 0.25) is 0 Å². The molecule has 0 radical (unpaired) electrons. The second kappa shape index (κ2) is 7.51. The van der Waals surface area contributed by atoms with Gasteiger partial charge < -0.3 is 15.2 Å². The fraction of sp³-hybridized carbons (Fsp3) is 0.381. The van der Waals surface area contributed by atoms with Crippen LogP contribution in [-0.2, 0) is 4.74 Å². The summed E-state index contributed by atoms with van der Waals surface area (Å²) in [5.41, 5.74) is 0.440. The number of hydrogen-bond acceptors (Lipinski definition) is 6. The van der Waals surface area contributed by atoms with Gasteiger partial charge in [0.1, 0.15) is 11.4 Å². The second-order valence-corrected chi connectivity index (χ2v) is 7.92. The highest BCUT2D eigenvalue weighted by Gasteiger charge is 2.33. The molecule has 4 rings (SSSR count). The summed E-state index contributed by atoms with van der Waals surface area (Å²) in [6, 6.07) is 5.71. The summed E-state index contributed by atoms with van der Waals surface area (Å²) in [4.78, 5) is 4.20. The maximum absolute atomic E-state index is 12.9. The maximum Gasteiger partial charge on any atom is 0.263 e. The average Bonchev–Trinajstić information content (AvgIpc) is 2.70. The molecule has 0 bridgehead atoms. The van der Waals surface area contributed by atoms with E-state index in [1.165, 1.54) is 12.1 Å². The molecular formula is C21H22F2N4O2. The molecule has 0 saturated carbocycles. The van der Waals surface area contributed by atoms with Crippen LogP contribution in [0.15, 0.2) is 36.7 Å². The maximum atomic E-state index is 12.9. The molecule has 29 heavy (non-hydrogen) atoms. The molecule has 1 aliphatic heterocycles. The first-order valence-electron chi connectivity index (χ1n) is 9.43. The van der Waals surface area contributed by atoms with Crippen LogP contribution in [0.4, 0.5) is 14.6 Å². The van der Waals surface area contributed by atoms with Crippen LogP contribution in [0, 0.1) is 5.41 Å². The number of phenolic OH excluding ortho intramolecular Hbond substituents is 1. The summed E-state index contributed by atoms with van der Waals surface area (Å²) >= 11 is 0. The Labute approximate surface area is 166 Å². The number of fused-ring (bicyclic) bond motifs is 1. The van der Waals surface area contributed by atoms with Gasteiger partial charge in [-0.15, -0.1) is 10.2 Å². The molecule has 0 spiro atoms. The number of benzene rings is 1. The first-order chi connectivity index (χ1) is 13.9. The van der Waals surface area contributed by atoms with Gasteiger partial charge in [0.05, 0.1) is 6.61 Å². The van der Waals surface area contributed by atoms with Gasteiger partial charge in [0.2, 0.25) is 0 Å². The Bertz CT molecular complexity index is 1040. The van der Waals surface area contributed by atoms with E-state index >= 15 is 0 Å². The normalized spacial score (nSPS) is 18.9. The molecule has 1 atom stereocenters. The quantitative estimate of drug-likeness (QED) is 0.668. The highest BCUT2D eigenvalue weighted by atomic mass is 19.3. The van der Waals surface area contributed by atoms with E-state index in [9.17, 15) is 13.9 Å². The molecule has 152 valence electrons. The number of halogens is 2. The predicted octanol–water partition coefficient (Wildman–Crippen LogP) is 4.56. The minimum atomic E-state index is -2.66. The number of pyridine rings is 1. The van der Waals surface area contributed by atoms with Gasteiger partial charge in [0, 0.05) is 52.4 Å². The summed E-state index contributed by atoms with van der Waals surface area (Å²) < 4.78 is 31.4. The molecule has 3 heterocycles. The van der Waals surface area contributed by atoms with Crippen LogP contribution < -0.4 is 5.32 Å². The largest absolute Gasteiger partial charge is 0.507 e. The number of hydrogen-bond donors (Lipinski definition) is 2. The third kappa shape index (κ3) is 3.72. The van der Waals surface area contributed by atoms with E-state index in [2.05, 4.69) is 34.3 Å². The van der Waals surface area contributed by atoms with Crippen molar-refractivity contribution in [3.05, 3.63) is 42.2 Å². The van der Waals surface area contributed by atoms with E-state index in [0.29, 0.717) is 30.3 Å². The molecule has 0 amide bonds. The van der Waals surface area contributed by atoms with Crippen molar-refractivity contribution in [2.24, 2.45) is 5.41 Å². The van der Waals surface area contributed by atoms with Crippen molar-refractivity contribution in [2.45, 2.75) is 32.7 Å². The molecule has 2 aromatic heterocycles. The van der Waals surface area contributed by atoms with Gasteiger partial charge in [-0.3, -0.25) is 4.98 Å². The van der Waals surface area contributed by atoms with Crippen LogP contribution in [0.1, 0.15) is 32.3 Å². The van der Waals surface area contributed by atoms with Crippen molar-refractivity contribution in [1.29, 1.82) is 0 Å². The minimum Gasteiger partial charge on any atom is -0.507 e. The average molecular weight is 400 g/mol. The third-order valence-electron chi connectivity index (χ3n) is 5.39. The molecule has 1 fully saturated rings. The van der Waals surface area contributed by atoms with Crippen molar-refractivity contribution in [2.75, 3.05) is 18.5 Å². The number of alkyl halides is 2. The second-order valence-electron chi connectivity index (χ2n) is 7.92. The number of phenols is 1. The van der Waals surface area contributed by atoms with E-state index in [-0.39, 0.29) is 22.8 Å². The minimum absolute atomic E-state index is 0.0729.